The Bertz CT molecular complexity index is 1080. The Labute approximate surface area is 194 Å². The number of furan rings is 1. The number of aryl methyl sites for hydroxylation is 2. The molecule has 0 bridgehead atoms. The second-order valence-electron chi connectivity index (χ2n) is 9.01. The van der Waals surface area contributed by atoms with Gasteiger partial charge in [-0.05, 0) is 50.7 Å². The fourth-order valence-corrected chi connectivity index (χ4v) is 4.53. The Morgan fingerprint density at radius 3 is 2.73 bits per heavy atom. The summed E-state index contributed by atoms with van der Waals surface area (Å²) in [7, 11) is 0. The van der Waals surface area contributed by atoms with Crippen LogP contribution >= 0.6 is 0 Å². The van der Waals surface area contributed by atoms with E-state index in [0.29, 0.717) is 30.4 Å². The first-order valence-corrected chi connectivity index (χ1v) is 12.1. The van der Waals surface area contributed by atoms with E-state index in [1.807, 2.05) is 19.1 Å². The summed E-state index contributed by atoms with van der Waals surface area (Å²) in [6.45, 7) is 7.08. The van der Waals surface area contributed by atoms with Gasteiger partial charge in [-0.25, -0.2) is 4.98 Å². The maximum atomic E-state index is 10.6. The molecular weight excluding hydrogens is 418 g/mol. The normalized spacial score (nSPS) is 20.5. The Kier molecular flexibility index (Phi) is 7.45. The van der Waals surface area contributed by atoms with Crippen molar-refractivity contribution in [3.63, 3.8) is 0 Å². The number of hydrogen-bond donors (Lipinski definition) is 4. The third-order valence-electron chi connectivity index (χ3n) is 6.43. The molecule has 4 N–H and O–H groups in total. The van der Waals surface area contributed by atoms with E-state index in [0.717, 1.165) is 60.1 Å². The van der Waals surface area contributed by atoms with Gasteiger partial charge in [-0.1, -0.05) is 26.7 Å². The zero-order valence-electron chi connectivity index (χ0n) is 19.8. The van der Waals surface area contributed by atoms with Crippen molar-refractivity contribution < 1.29 is 14.6 Å². The van der Waals surface area contributed by atoms with E-state index in [-0.39, 0.29) is 18.6 Å². The molecule has 0 saturated heterocycles. The van der Waals surface area contributed by atoms with E-state index < -0.39 is 6.10 Å². The second-order valence-corrected chi connectivity index (χ2v) is 9.01. The molecule has 8 heteroatoms. The number of rotatable bonds is 10. The number of fused-ring (bicyclic) bond motifs is 1. The van der Waals surface area contributed by atoms with Crippen molar-refractivity contribution in [1.29, 1.82) is 0 Å². The highest BCUT2D eigenvalue weighted by Gasteiger charge is 2.33. The van der Waals surface area contributed by atoms with Gasteiger partial charge in [0.15, 0.2) is 5.58 Å². The van der Waals surface area contributed by atoms with Crippen molar-refractivity contribution in [1.82, 2.24) is 15.0 Å². The quantitative estimate of drug-likeness (QED) is 0.336. The number of aromatic nitrogens is 3. The van der Waals surface area contributed by atoms with Crippen LogP contribution in [0.1, 0.15) is 57.3 Å². The number of aliphatic hydroxyl groups is 2. The van der Waals surface area contributed by atoms with Gasteiger partial charge >= 0.3 is 0 Å². The first kappa shape index (κ1) is 23.4. The third kappa shape index (κ3) is 5.28. The lowest BCUT2D eigenvalue weighted by molar-refractivity contribution is 0.157. The highest BCUT2D eigenvalue weighted by atomic mass is 16.3. The van der Waals surface area contributed by atoms with Crippen molar-refractivity contribution >= 4 is 22.7 Å². The lowest BCUT2D eigenvalue weighted by atomic mass is 10.1. The van der Waals surface area contributed by atoms with Crippen LogP contribution in [0.2, 0.25) is 0 Å². The van der Waals surface area contributed by atoms with Gasteiger partial charge in [0.2, 0.25) is 5.95 Å². The molecule has 33 heavy (non-hydrogen) atoms. The molecule has 1 fully saturated rings. The monoisotopic (exact) mass is 453 g/mol. The number of hydrogen-bond acceptors (Lipinski definition) is 8. The molecule has 3 heterocycles. The average Bonchev–Trinajstić information content (AvgIpc) is 3.38. The van der Waals surface area contributed by atoms with Crippen LogP contribution < -0.4 is 10.6 Å². The van der Waals surface area contributed by atoms with E-state index in [1.54, 1.807) is 6.20 Å². The topological polar surface area (TPSA) is 116 Å². The van der Waals surface area contributed by atoms with Gasteiger partial charge in [0.25, 0.3) is 0 Å². The maximum Gasteiger partial charge on any atom is 0.224 e. The van der Waals surface area contributed by atoms with Crippen molar-refractivity contribution in [2.75, 3.05) is 23.8 Å². The van der Waals surface area contributed by atoms with Crippen LogP contribution in [-0.2, 0) is 6.42 Å². The van der Waals surface area contributed by atoms with Crippen LogP contribution in [-0.4, -0.2) is 50.5 Å². The first-order valence-electron chi connectivity index (χ1n) is 12.1. The molecule has 8 nitrogen and oxygen atoms in total. The molecule has 4 rings (SSSR count). The number of nitrogens with zero attached hydrogens (tertiary/aromatic N) is 3. The minimum Gasteiger partial charge on any atom is -0.454 e. The molecule has 1 aliphatic rings. The summed E-state index contributed by atoms with van der Waals surface area (Å²) in [5.41, 5.74) is 3.30. The van der Waals surface area contributed by atoms with Crippen molar-refractivity contribution in [3.8, 4) is 11.3 Å². The molecule has 178 valence electrons. The van der Waals surface area contributed by atoms with Crippen molar-refractivity contribution in [2.24, 2.45) is 5.92 Å². The number of pyridine rings is 1. The van der Waals surface area contributed by atoms with Gasteiger partial charge < -0.3 is 25.3 Å². The van der Waals surface area contributed by atoms with Crippen LogP contribution in [0.5, 0.6) is 0 Å². The Morgan fingerprint density at radius 2 is 2.00 bits per heavy atom. The number of unbranched alkanes of at least 4 members (excludes halogenated alkanes) is 2. The first-order chi connectivity index (χ1) is 16.0. The second kappa shape index (κ2) is 10.5. The van der Waals surface area contributed by atoms with E-state index in [9.17, 15) is 10.2 Å². The number of anilines is 2. The molecular formula is C25H35N5O3. The molecule has 0 unspecified atom stereocenters. The van der Waals surface area contributed by atoms with E-state index in [2.05, 4.69) is 29.5 Å². The molecule has 0 aromatic carbocycles. The predicted octanol–water partition coefficient (Wildman–Crippen LogP) is 4.30. The van der Waals surface area contributed by atoms with Gasteiger partial charge in [0, 0.05) is 24.2 Å². The summed E-state index contributed by atoms with van der Waals surface area (Å²) in [5.74, 6) is 1.95. The summed E-state index contributed by atoms with van der Waals surface area (Å²) >= 11 is 0. The van der Waals surface area contributed by atoms with Crippen molar-refractivity contribution in [3.05, 3.63) is 29.7 Å². The molecule has 3 aromatic heterocycles. The molecule has 0 radical (unpaired) electrons. The molecule has 3 aromatic rings. The Balaban J connectivity index is 1.70. The molecule has 1 aliphatic carbocycles. The maximum absolute atomic E-state index is 10.6. The van der Waals surface area contributed by atoms with Crippen molar-refractivity contribution in [2.45, 2.75) is 71.4 Å². The van der Waals surface area contributed by atoms with Gasteiger partial charge in [0.05, 0.1) is 29.6 Å². The Morgan fingerprint density at radius 1 is 1.15 bits per heavy atom. The minimum atomic E-state index is -0.543. The van der Waals surface area contributed by atoms with Gasteiger partial charge in [0.1, 0.15) is 11.6 Å². The lowest BCUT2D eigenvalue weighted by Crippen LogP contribution is -2.29. The van der Waals surface area contributed by atoms with Crippen LogP contribution in [0.4, 0.5) is 11.8 Å². The minimum absolute atomic E-state index is 0.0749. The standard InChI is InChI=1S/C25H35N5O3/c1-4-6-7-8-26-25-28-15(3)23(21-12-17-11-18(5-2)27-13-22(17)33-21)24(30-25)29-19-9-16(14-31)10-20(19)32/h11-13,16,19-20,31-32H,4-10,14H2,1-3H3,(H2,26,28,29,30)/t16-,19+,20+/m0/s1. The fraction of sp³-hybridized carbons (Fsp3) is 0.560. The van der Waals surface area contributed by atoms with Crippen LogP contribution in [0.25, 0.3) is 22.3 Å². The summed E-state index contributed by atoms with van der Waals surface area (Å²) in [4.78, 5) is 13.9. The summed E-state index contributed by atoms with van der Waals surface area (Å²) < 4.78 is 6.16. The smallest absolute Gasteiger partial charge is 0.224 e. The number of nitrogens with one attached hydrogen (secondary N) is 2. The van der Waals surface area contributed by atoms with E-state index in [4.69, 9.17) is 14.4 Å². The molecule has 0 aliphatic heterocycles. The number of aliphatic hydroxyl groups excluding tert-OH is 2. The zero-order valence-corrected chi connectivity index (χ0v) is 19.8. The molecule has 1 saturated carbocycles. The molecule has 0 amide bonds. The fourth-order valence-electron chi connectivity index (χ4n) is 4.53. The van der Waals surface area contributed by atoms with Crippen LogP contribution in [0.3, 0.4) is 0 Å². The van der Waals surface area contributed by atoms with Crippen LogP contribution in [0.15, 0.2) is 22.7 Å². The lowest BCUT2D eigenvalue weighted by Gasteiger charge is -2.20. The SMILES string of the molecule is CCCCCNc1nc(C)c(-c2cc3cc(CC)ncc3o2)c(N[C@@H]2C[C@H](CO)C[C@H]2O)n1. The Hall–Kier alpha value is -2.71. The third-order valence-corrected chi connectivity index (χ3v) is 6.43. The highest BCUT2D eigenvalue weighted by Crippen LogP contribution is 2.37. The highest BCUT2D eigenvalue weighted by molar-refractivity contribution is 5.86. The van der Waals surface area contributed by atoms with Gasteiger partial charge in [-0.3, -0.25) is 4.98 Å². The van der Waals surface area contributed by atoms with E-state index >= 15 is 0 Å². The van der Waals surface area contributed by atoms with Crippen LogP contribution in [0, 0.1) is 12.8 Å². The zero-order chi connectivity index (χ0) is 23.4. The van der Waals surface area contributed by atoms with Gasteiger partial charge in [-0.15, -0.1) is 0 Å². The summed E-state index contributed by atoms with van der Waals surface area (Å²) in [6, 6.07) is 3.85. The summed E-state index contributed by atoms with van der Waals surface area (Å²) in [5, 5.41) is 27.9. The average molecular weight is 454 g/mol. The molecule has 3 atom stereocenters. The van der Waals surface area contributed by atoms with E-state index in [1.165, 1.54) is 0 Å². The predicted molar refractivity (Wildman–Crippen MR) is 130 cm³/mol. The summed E-state index contributed by atoms with van der Waals surface area (Å²) in [6.07, 6.45) is 6.69. The van der Waals surface area contributed by atoms with Gasteiger partial charge in [-0.2, -0.15) is 4.98 Å². The largest absolute Gasteiger partial charge is 0.454 e. The molecule has 0 spiro atoms.